The number of benzene rings is 1. The van der Waals surface area contributed by atoms with E-state index in [2.05, 4.69) is 32.7 Å². The van der Waals surface area contributed by atoms with Crippen LogP contribution >= 0.6 is 11.8 Å². The first-order chi connectivity index (χ1) is 13.5. The second kappa shape index (κ2) is 8.93. The van der Waals surface area contributed by atoms with E-state index in [9.17, 15) is 4.79 Å². The number of thioether (sulfide) groups is 1. The number of nitrogens with one attached hydrogen (secondary N) is 1. The van der Waals surface area contributed by atoms with Gasteiger partial charge < -0.3 is 14.5 Å². The first kappa shape index (κ1) is 19.9. The fourth-order valence-corrected chi connectivity index (χ4v) is 3.80. The number of rotatable bonds is 8. The molecule has 1 aromatic carbocycles. The summed E-state index contributed by atoms with van der Waals surface area (Å²) in [4.78, 5) is 12.5. The molecule has 6 nitrogen and oxygen atoms in total. The molecule has 0 fully saturated rings. The molecule has 0 bridgehead atoms. The van der Waals surface area contributed by atoms with Crippen LogP contribution in [0.3, 0.4) is 0 Å². The molecule has 0 atom stereocenters. The third-order valence-corrected chi connectivity index (χ3v) is 5.54. The molecule has 1 N–H and O–H groups in total. The minimum absolute atomic E-state index is 0.0560. The third-order valence-electron chi connectivity index (χ3n) is 4.57. The molecule has 146 valence electrons. The average molecular weight is 396 g/mol. The van der Waals surface area contributed by atoms with Gasteiger partial charge in [-0.2, -0.15) is 0 Å². The summed E-state index contributed by atoms with van der Waals surface area (Å²) in [5, 5.41) is 12.4. The first-order valence-corrected chi connectivity index (χ1v) is 10.1. The molecular formula is C21H25N5OS. The van der Waals surface area contributed by atoms with Crippen LogP contribution < -0.4 is 5.32 Å². The summed E-state index contributed by atoms with van der Waals surface area (Å²) in [7, 11) is 2.01. The van der Waals surface area contributed by atoms with Gasteiger partial charge in [0.25, 0.3) is 0 Å². The molecule has 0 spiro atoms. The van der Waals surface area contributed by atoms with Gasteiger partial charge in [-0.1, -0.05) is 36.0 Å². The van der Waals surface area contributed by atoms with Crippen molar-refractivity contribution in [2.24, 2.45) is 7.05 Å². The summed E-state index contributed by atoms with van der Waals surface area (Å²) < 4.78 is 4.08. The van der Waals surface area contributed by atoms with E-state index in [1.807, 2.05) is 62.0 Å². The van der Waals surface area contributed by atoms with Gasteiger partial charge in [-0.15, -0.1) is 16.8 Å². The van der Waals surface area contributed by atoms with Crippen LogP contribution in [0.15, 0.2) is 54.3 Å². The molecule has 2 aromatic heterocycles. The van der Waals surface area contributed by atoms with Crippen molar-refractivity contribution in [3.05, 3.63) is 71.8 Å². The molecule has 2 heterocycles. The Labute approximate surface area is 169 Å². The number of para-hydroxylation sites is 1. The molecule has 1 amide bonds. The van der Waals surface area contributed by atoms with E-state index in [0.717, 1.165) is 33.5 Å². The summed E-state index contributed by atoms with van der Waals surface area (Å²) >= 11 is 1.39. The van der Waals surface area contributed by atoms with E-state index < -0.39 is 0 Å². The second-order valence-electron chi connectivity index (χ2n) is 6.69. The number of amides is 1. The fourth-order valence-electron chi connectivity index (χ4n) is 3.03. The summed E-state index contributed by atoms with van der Waals surface area (Å²) in [6, 6.07) is 10.1. The maximum atomic E-state index is 12.5. The van der Waals surface area contributed by atoms with Crippen LogP contribution in [0.5, 0.6) is 0 Å². The van der Waals surface area contributed by atoms with Crippen molar-refractivity contribution in [2.75, 3.05) is 11.1 Å². The van der Waals surface area contributed by atoms with Crippen molar-refractivity contribution >= 4 is 23.4 Å². The number of carbonyl (C=O) groups is 1. The zero-order valence-corrected chi connectivity index (χ0v) is 17.3. The molecule has 3 rings (SSSR count). The van der Waals surface area contributed by atoms with Crippen molar-refractivity contribution < 1.29 is 4.79 Å². The maximum absolute atomic E-state index is 12.5. The van der Waals surface area contributed by atoms with Crippen molar-refractivity contribution in [3.8, 4) is 0 Å². The Hall–Kier alpha value is -2.80. The smallest absolute Gasteiger partial charge is 0.234 e. The molecular weight excluding hydrogens is 370 g/mol. The molecule has 28 heavy (non-hydrogen) atoms. The van der Waals surface area contributed by atoms with Crippen LogP contribution in [0.1, 0.15) is 22.6 Å². The maximum Gasteiger partial charge on any atom is 0.234 e. The summed E-state index contributed by atoms with van der Waals surface area (Å²) in [6.45, 7) is 8.42. The van der Waals surface area contributed by atoms with Crippen molar-refractivity contribution in [1.82, 2.24) is 19.3 Å². The van der Waals surface area contributed by atoms with Crippen molar-refractivity contribution in [3.63, 3.8) is 0 Å². The Balaban J connectivity index is 1.69. The summed E-state index contributed by atoms with van der Waals surface area (Å²) in [5.41, 5.74) is 4.14. The van der Waals surface area contributed by atoms with Crippen LogP contribution in [0.2, 0.25) is 0 Å². The van der Waals surface area contributed by atoms with E-state index in [-0.39, 0.29) is 11.7 Å². The number of aryl methyl sites for hydroxylation is 3. The van der Waals surface area contributed by atoms with Gasteiger partial charge >= 0.3 is 0 Å². The highest BCUT2D eigenvalue weighted by Crippen LogP contribution is 2.22. The standard InChI is InChI=1S/C21H25N5OS/c1-5-11-26-18(13-17-10-7-12-25(17)4)23-24-21(26)28-14-19(27)22-20-15(2)8-6-9-16(20)3/h5-10,12H,1,11,13-14H2,2-4H3,(H,22,27). The van der Waals surface area contributed by atoms with Crippen LogP contribution in [-0.2, 0) is 24.8 Å². The van der Waals surface area contributed by atoms with E-state index in [1.54, 1.807) is 0 Å². The van der Waals surface area contributed by atoms with Crippen molar-refractivity contribution in [2.45, 2.75) is 32.0 Å². The van der Waals surface area contributed by atoms with E-state index in [0.29, 0.717) is 13.0 Å². The SMILES string of the molecule is C=CCn1c(Cc2cccn2C)nnc1SCC(=O)Nc1c(C)cccc1C. The lowest BCUT2D eigenvalue weighted by molar-refractivity contribution is -0.113. The number of aromatic nitrogens is 4. The van der Waals surface area contributed by atoms with Gasteiger partial charge in [0.05, 0.1) is 5.75 Å². The highest BCUT2D eigenvalue weighted by molar-refractivity contribution is 7.99. The van der Waals surface area contributed by atoms with E-state index in [1.165, 1.54) is 11.8 Å². The number of hydrogen-bond donors (Lipinski definition) is 1. The fraction of sp³-hybridized carbons (Fsp3) is 0.286. The van der Waals surface area contributed by atoms with Gasteiger partial charge in [-0.05, 0) is 37.1 Å². The Morgan fingerprint density at radius 1 is 1.21 bits per heavy atom. The molecule has 0 aliphatic rings. The number of hydrogen-bond acceptors (Lipinski definition) is 4. The second-order valence-corrected chi connectivity index (χ2v) is 7.63. The number of allylic oxidation sites excluding steroid dienone is 1. The Kier molecular flexibility index (Phi) is 6.36. The number of anilines is 1. The normalized spacial score (nSPS) is 10.8. The van der Waals surface area contributed by atoms with Crippen LogP contribution in [0, 0.1) is 13.8 Å². The zero-order chi connectivity index (χ0) is 20.1. The molecule has 7 heteroatoms. The molecule has 0 radical (unpaired) electrons. The molecule has 0 aliphatic heterocycles. The Morgan fingerprint density at radius 3 is 2.61 bits per heavy atom. The van der Waals surface area contributed by atoms with Gasteiger partial charge in [0, 0.05) is 37.6 Å². The minimum Gasteiger partial charge on any atom is -0.354 e. The minimum atomic E-state index is -0.0560. The van der Waals surface area contributed by atoms with Gasteiger partial charge in [0.2, 0.25) is 5.91 Å². The molecule has 0 saturated carbocycles. The van der Waals surface area contributed by atoms with E-state index in [4.69, 9.17) is 0 Å². The van der Waals surface area contributed by atoms with Gasteiger partial charge in [-0.3, -0.25) is 4.79 Å². The van der Waals surface area contributed by atoms with E-state index >= 15 is 0 Å². The molecule has 0 unspecified atom stereocenters. The topological polar surface area (TPSA) is 64.7 Å². The van der Waals surface area contributed by atoms with Crippen LogP contribution in [0.25, 0.3) is 0 Å². The molecule has 3 aromatic rings. The highest BCUT2D eigenvalue weighted by Gasteiger charge is 2.15. The van der Waals surface area contributed by atoms with Crippen LogP contribution in [-0.4, -0.2) is 31.0 Å². The van der Waals surface area contributed by atoms with Gasteiger partial charge in [-0.25, -0.2) is 0 Å². The predicted molar refractivity (Wildman–Crippen MR) is 114 cm³/mol. The predicted octanol–water partition coefficient (Wildman–Crippen LogP) is 3.74. The highest BCUT2D eigenvalue weighted by atomic mass is 32.2. The Morgan fingerprint density at radius 2 is 1.96 bits per heavy atom. The zero-order valence-electron chi connectivity index (χ0n) is 16.5. The Bertz CT molecular complexity index is 968. The van der Waals surface area contributed by atoms with Gasteiger partial charge in [0.15, 0.2) is 5.16 Å². The average Bonchev–Trinajstić information content (AvgIpc) is 3.24. The lowest BCUT2D eigenvalue weighted by atomic mass is 10.1. The number of carbonyl (C=O) groups excluding carboxylic acids is 1. The van der Waals surface area contributed by atoms with Crippen LogP contribution in [0.4, 0.5) is 5.69 Å². The molecule has 0 saturated heterocycles. The lowest BCUT2D eigenvalue weighted by Gasteiger charge is -2.11. The number of nitrogens with zero attached hydrogens (tertiary/aromatic N) is 4. The first-order valence-electron chi connectivity index (χ1n) is 9.11. The monoisotopic (exact) mass is 395 g/mol. The largest absolute Gasteiger partial charge is 0.354 e. The molecule has 0 aliphatic carbocycles. The van der Waals surface area contributed by atoms with Crippen molar-refractivity contribution in [1.29, 1.82) is 0 Å². The summed E-state index contributed by atoms with van der Waals surface area (Å²) in [5.74, 6) is 1.08. The quantitative estimate of drug-likeness (QED) is 0.466. The summed E-state index contributed by atoms with van der Waals surface area (Å²) in [6.07, 6.45) is 4.51. The lowest BCUT2D eigenvalue weighted by Crippen LogP contribution is -2.16. The van der Waals surface area contributed by atoms with Gasteiger partial charge in [0.1, 0.15) is 5.82 Å². The third kappa shape index (κ3) is 4.54.